The summed E-state index contributed by atoms with van der Waals surface area (Å²) in [6, 6.07) is 0. The van der Waals surface area contributed by atoms with Gasteiger partial charge in [-0.2, -0.15) is 0 Å². The number of aliphatic hydroxyl groups excluding tert-OH is 1. The Bertz CT molecular complexity index is 217. The Labute approximate surface area is 70.1 Å². The molecule has 0 aliphatic heterocycles. The molecule has 0 fully saturated rings. The molecule has 12 heavy (non-hydrogen) atoms. The van der Waals surface area contributed by atoms with Gasteiger partial charge in [0.15, 0.2) is 0 Å². The average molecular weight is 170 g/mol. The predicted octanol–water partition coefficient (Wildman–Crippen LogP) is 0.181. The van der Waals surface area contributed by atoms with E-state index in [-0.39, 0.29) is 18.6 Å². The lowest BCUT2D eigenvalue weighted by molar-refractivity contribution is -0.153. The zero-order chi connectivity index (χ0) is 9.56. The van der Waals surface area contributed by atoms with E-state index in [0.717, 1.165) is 6.08 Å². The Morgan fingerprint density at radius 3 is 2.50 bits per heavy atom. The van der Waals surface area contributed by atoms with Gasteiger partial charge in [0.1, 0.15) is 0 Å². The van der Waals surface area contributed by atoms with Crippen LogP contribution in [0.15, 0.2) is 24.8 Å². The molecule has 0 aromatic carbocycles. The molecule has 0 aliphatic rings. The third-order valence-corrected chi connectivity index (χ3v) is 1.06. The molecule has 1 N–H and O–H groups in total. The van der Waals surface area contributed by atoms with Gasteiger partial charge in [0.25, 0.3) is 0 Å². The summed E-state index contributed by atoms with van der Waals surface area (Å²) in [6.07, 6.45) is 0.980. The standard InChI is InChI=1S/C8H10O4/c1-3-7(10)12-8(11)6(2)4-5-9/h3,9H,1-2,4-5H2. The van der Waals surface area contributed by atoms with Gasteiger partial charge in [-0.05, 0) is 0 Å². The lowest BCUT2D eigenvalue weighted by Crippen LogP contribution is -2.12. The fraction of sp³-hybridized carbons (Fsp3) is 0.250. The molecule has 66 valence electrons. The first-order chi connectivity index (χ1) is 5.61. The monoisotopic (exact) mass is 170 g/mol. The Balaban J connectivity index is 3.95. The first-order valence-corrected chi connectivity index (χ1v) is 3.29. The molecule has 4 heteroatoms. The van der Waals surface area contributed by atoms with E-state index in [9.17, 15) is 9.59 Å². The van der Waals surface area contributed by atoms with Gasteiger partial charge in [0.05, 0.1) is 0 Å². The van der Waals surface area contributed by atoms with Gasteiger partial charge in [-0.3, -0.25) is 0 Å². The molecule has 0 amide bonds. The van der Waals surface area contributed by atoms with Crippen molar-refractivity contribution in [1.29, 1.82) is 0 Å². The zero-order valence-electron chi connectivity index (χ0n) is 6.58. The number of carbonyl (C=O) groups excluding carboxylic acids is 2. The van der Waals surface area contributed by atoms with Crippen molar-refractivity contribution in [3.8, 4) is 0 Å². The van der Waals surface area contributed by atoms with Crippen LogP contribution in [0.4, 0.5) is 0 Å². The number of hydrogen-bond acceptors (Lipinski definition) is 4. The second-order valence-electron chi connectivity index (χ2n) is 1.99. The number of esters is 2. The maximum absolute atomic E-state index is 10.8. The van der Waals surface area contributed by atoms with Gasteiger partial charge in [-0.15, -0.1) is 0 Å². The van der Waals surface area contributed by atoms with Crippen LogP contribution in [0.5, 0.6) is 0 Å². The maximum Gasteiger partial charge on any atom is 0.341 e. The van der Waals surface area contributed by atoms with Crippen LogP contribution in [-0.2, 0) is 14.3 Å². The molecule has 0 saturated carbocycles. The number of carbonyl (C=O) groups is 2. The Kier molecular flexibility index (Phi) is 4.64. The van der Waals surface area contributed by atoms with Crippen molar-refractivity contribution in [3.63, 3.8) is 0 Å². The van der Waals surface area contributed by atoms with Crippen molar-refractivity contribution in [1.82, 2.24) is 0 Å². The summed E-state index contributed by atoms with van der Waals surface area (Å²) < 4.78 is 4.21. The maximum atomic E-state index is 10.8. The van der Waals surface area contributed by atoms with Crippen molar-refractivity contribution in [2.45, 2.75) is 6.42 Å². The minimum absolute atomic E-state index is 0.0627. The van der Waals surface area contributed by atoms with E-state index in [1.807, 2.05) is 0 Å². The third-order valence-electron chi connectivity index (χ3n) is 1.06. The molecule has 0 bridgehead atoms. The minimum Gasteiger partial charge on any atom is -0.396 e. The second kappa shape index (κ2) is 5.26. The molecular weight excluding hydrogens is 160 g/mol. The highest BCUT2D eigenvalue weighted by atomic mass is 16.6. The largest absolute Gasteiger partial charge is 0.396 e. The third kappa shape index (κ3) is 3.68. The first kappa shape index (κ1) is 10.6. The van der Waals surface area contributed by atoms with Crippen LogP contribution >= 0.6 is 0 Å². The Hall–Kier alpha value is -1.42. The van der Waals surface area contributed by atoms with Crippen molar-refractivity contribution in [2.24, 2.45) is 0 Å². The summed E-state index contributed by atoms with van der Waals surface area (Å²) >= 11 is 0. The number of rotatable bonds is 4. The van der Waals surface area contributed by atoms with Gasteiger partial charge in [0.2, 0.25) is 0 Å². The van der Waals surface area contributed by atoms with E-state index >= 15 is 0 Å². The van der Waals surface area contributed by atoms with Crippen LogP contribution in [0.25, 0.3) is 0 Å². The van der Waals surface area contributed by atoms with Crippen LogP contribution in [0, 0.1) is 0 Å². The van der Waals surface area contributed by atoms with Crippen LogP contribution in [0.3, 0.4) is 0 Å². The molecule has 0 rings (SSSR count). The van der Waals surface area contributed by atoms with Crippen LogP contribution in [0.1, 0.15) is 6.42 Å². The SMILES string of the molecule is C=CC(=O)OC(=O)C(=C)CCO. The summed E-state index contributed by atoms with van der Waals surface area (Å²) in [5, 5.41) is 8.40. The van der Waals surface area contributed by atoms with Gasteiger partial charge in [0, 0.05) is 24.7 Å². The molecule has 0 saturated heterocycles. The first-order valence-electron chi connectivity index (χ1n) is 3.29. The van der Waals surface area contributed by atoms with E-state index < -0.39 is 11.9 Å². The van der Waals surface area contributed by atoms with E-state index in [1.165, 1.54) is 0 Å². The number of ether oxygens (including phenoxy) is 1. The summed E-state index contributed by atoms with van der Waals surface area (Å²) in [5.41, 5.74) is 0.0627. The second-order valence-corrected chi connectivity index (χ2v) is 1.99. The van der Waals surface area contributed by atoms with Crippen molar-refractivity contribution in [3.05, 3.63) is 24.8 Å². The van der Waals surface area contributed by atoms with Crippen molar-refractivity contribution < 1.29 is 19.4 Å². The van der Waals surface area contributed by atoms with Crippen molar-refractivity contribution >= 4 is 11.9 Å². The van der Waals surface area contributed by atoms with Gasteiger partial charge >= 0.3 is 11.9 Å². The molecule has 0 aromatic rings. The molecule has 0 aromatic heterocycles. The van der Waals surface area contributed by atoms with Crippen LogP contribution < -0.4 is 0 Å². The normalized spacial score (nSPS) is 8.75. The van der Waals surface area contributed by atoms with Gasteiger partial charge in [-0.1, -0.05) is 13.2 Å². The Morgan fingerprint density at radius 2 is 2.08 bits per heavy atom. The van der Waals surface area contributed by atoms with E-state index in [0.29, 0.717) is 0 Å². The fourth-order valence-electron chi connectivity index (χ4n) is 0.442. The fourth-order valence-corrected chi connectivity index (χ4v) is 0.442. The molecular formula is C8H10O4. The quantitative estimate of drug-likeness (QED) is 0.371. The highest BCUT2D eigenvalue weighted by Gasteiger charge is 2.10. The molecule has 0 heterocycles. The Morgan fingerprint density at radius 1 is 1.50 bits per heavy atom. The summed E-state index contributed by atoms with van der Waals surface area (Å²) in [6.45, 7) is 6.23. The van der Waals surface area contributed by atoms with E-state index in [1.54, 1.807) is 0 Å². The molecule has 0 atom stereocenters. The smallest absolute Gasteiger partial charge is 0.341 e. The molecule has 4 nitrogen and oxygen atoms in total. The molecule has 0 unspecified atom stereocenters. The summed E-state index contributed by atoms with van der Waals surface area (Å²) in [5.74, 6) is -1.65. The topological polar surface area (TPSA) is 63.6 Å². The average Bonchev–Trinajstić information content (AvgIpc) is 2.04. The highest BCUT2D eigenvalue weighted by molar-refractivity contribution is 5.98. The minimum atomic E-state index is -0.825. The van der Waals surface area contributed by atoms with Crippen LogP contribution in [-0.4, -0.2) is 23.7 Å². The lowest BCUT2D eigenvalue weighted by Gasteiger charge is -2.00. The van der Waals surface area contributed by atoms with Crippen molar-refractivity contribution in [2.75, 3.05) is 6.61 Å². The highest BCUT2D eigenvalue weighted by Crippen LogP contribution is 1.99. The molecule has 0 radical (unpaired) electrons. The van der Waals surface area contributed by atoms with Gasteiger partial charge < -0.3 is 9.84 Å². The zero-order valence-corrected chi connectivity index (χ0v) is 6.58. The molecule has 0 aliphatic carbocycles. The van der Waals surface area contributed by atoms with Crippen LogP contribution in [0.2, 0.25) is 0 Å². The predicted molar refractivity (Wildman–Crippen MR) is 42.1 cm³/mol. The lowest BCUT2D eigenvalue weighted by atomic mass is 10.2. The summed E-state index contributed by atoms with van der Waals surface area (Å²) in [7, 11) is 0. The number of aliphatic hydroxyl groups is 1. The summed E-state index contributed by atoms with van der Waals surface area (Å²) in [4.78, 5) is 21.3. The van der Waals surface area contributed by atoms with E-state index in [4.69, 9.17) is 5.11 Å². The van der Waals surface area contributed by atoms with Gasteiger partial charge in [-0.25, -0.2) is 9.59 Å². The van der Waals surface area contributed by atoms with E-state index in [2.05, 4.69) is 17.9 Å². The molecule has 0 spiro atoms. The number of hydrogen-bond donors (Lipinski definition) is 1.